The minimum absolute atomic E-state index is 0.0102. The second-order valence-corrected chi connectivity index (χ2v) is 4.77. The molecule has 0 fully saturated rings. The van der Waals surface area contributed by atoms with Gasteiger partial charge in [-0.1, -0.05) is 0 Å². The van der Waals surface area contributed by atoms with E-state index in [0.717, 1.165) is 0 Å². The number of phenolic OH excluding ortho intramolecular Hbond substituents is 2. The number of benzene rings is 2. The quantitative estimate of drug-likeness (QED) is 0.750. The van der Waals surface area contributed by atoms with E-state index in [9.17, 15) is 19.8 Å². The van der Waals surface area contributed by atoms with Crippen molar-refractivity contribution in [2.24, 2.45) is 0 Å². The Morgan fingerprint density at radius 1 is 0.864 bits per heavy atom. The van der Waals surface area contributed by atoms with Crippen LogP contribution < -0.4 is 9.47 Å². The van der Waals surface area contributed by atoms with Crippen LogP contribution in [0.15, 0.2) is 24.3 Å². The number of methoxy groups -OCH3 is 2. The smallest absolute Gasteiger partial charge is 0.201 e. The number of aromatic hydroxyl groups is 2. The molecule has 0 atom stereocenters. The normalized spacial score (nSPS) is 12.6. The summed E-state index contributed by atoms with van der Waals surface area (Å²) >= 11 is 0. The van der Waals surface area contributed by atoms with Crippen molar-refractivity contribution < 1.29 is 29.3 Å². The highest BCUT2D eigenvalue weighted by Gasteiger charge is 2.35. The number of carbonyl (C=O) groups excluding carboxylic acids is 2. The van der Waals surface area contributed by atoms with Gasteiger partial charge in [0.25, 0.3) is 0 Å². The largest absolute Gasteiger partial charge is 0.508 e. The van der Waals surface area contributed by atoms with Gasteiger partial charge in [-0.05, 0) is 24.3 Å². The number of hydrogen-bond acceptors (Lipinski definition) is 6. The molecule has 0 bridgehead atoms. The fraction of sp³-hybridized carbons (Fsp3) is 0.125. The van der Waals surface area contributed by atoms with Crippen molar-refractivity contribution in [1.82, 2.24) is 0 Å². The van der Waals surface area contributed by atoms with E-state index in [2.05, 4.69) is 0 Å². The molecule has 0 aromatic heterocycles. The van der Waals surface area contributed by atoms with Gasteiger partial charge in [0.15, 0.2) is 23.1 Å². The molecular formula is C16H12O6. The number of hydrogen-bond donors (Lipinski definition) is 2. The number of rotatable bonds is 2. The summed E-state index contributed by atoms with van der Waals surface area (Å²) in [5.41, 5.74) is 0.309. The molecule has 0 spiro atoms. The lowest BCUT2D eigenvalue weighted by Crippen LogP contribution is -2.22. The lowest BCUT2D eigenvalue weighted by Gasteiger charge is -2.21. The fourth-order valence-corrected chi connectivity index (χ4v) is 2.58. The first kappa shape index (κ1) is 13.9. The molecule has 6 heteroatoms. The highest BCUT2D eigenvalue weighted by molar-refractivity contribution is 6.29. The van der Waals surface area contributed by atoms with E-state index in [1.165, 1.54) is 38.5 Å². The van der Waals surface area contributed by atoms with Crippen LogP contribution in [0.2, 0.25) is 0 Å². The molecule has 2 aromatic rings. The first-order valence-electron chi connectivity index (χ1n) is 6.40. The third-order valence-corrected chi connectivity index (χ3v) is 3.61. The zero-order chi connectivity index (χ0) is 16.0. The van der Waals surface area contributed by atoms with Gasteiger partial charge in [0, 0.05) is 16.7 Å². The van der Waals surface area contributed by atoms with Crippen molar-refractivity contribution >= 4 is 11.6 Å². The van der Waals surface area contributed by atoms with Crippen LogP contribution >= 0.6 is 0 Å². The average molecular weight is 300 g/mol. The Balaban J connectivity index is 2.36. The van der Waals surface area contributed by atoms with Gasteiger partial charge in [0.05, 0.1) is 19.8 Å². The maximum Gasteiger partial charge on any atom is 0.201 e. The van der Waals surface area contributed by atoms with Gasteiger partial charge >= 0.3 is 0 Å². The lowest BCUT2D eigenvalue weighted by atomic mass is 9.83. The second-order valence-electron chi connectivity index (χ2n) is 4.77. The van der Waals surface area contributed by atoms with E-state index < -0.39 is 11.6 Å². The molecule has 3 rings (SSSR count). The van der Waals surface area contributed by atoms with E-state index in [1.807, 2.05) is 0 Å². The van der Waals surface area contributed by atoms with Crippen molar-refractivity contribution in [2.75, 3.05) is 14.2 Å². The number of ketones is 2. The average Bonchev–Trinajstić information content (AvgIpc) is 2.52. The van der Waals surface area contributed by atoms with E-state index >= 15 is 0 Å². The molecule has 0 heterocycles. The van der Waals surface area contributed by atoms with Crippen LogP contribution in [0.3, 0.4) is 0 Å². The SMILES string of the molecule is COc1cc2c(c(OC)c1O)C(=O)c1ccc(O)cc1C2=O. The summed E-state index contributed by atoms with van der Waals surface area (Å²) in [6.45, 7) is 0. The molecule has 0 amide bonds. The maximum atomic E-state index is 12.6. The van der Waals surface area contributed by atoms with Crippen molar-refractivity contribution in [1.29, 1.82) is 0 Å². The highest BCUT2D eigenvalue weighted by atomic mass is 16.5. The van der Waals surface area contributed by atoms with E-state index in [0.29, 0.717) is 0 Å². The molecule has 0 radical (unpaired) electrons. The van der Waals surface area contributed by atoms with Crippen LogP contribution in [-0.4, -0.2) is 36.0 Å². The molecule has 112 valence electrons. The monoisotopic (exact) mass is 300 g/mol. The Labute approximate surface area is 125 Å². The van der Waals surface area contributed by atoms with Gasteiger partial charge in [0.2, 0.25) is 5.75 Å². The Hall–Kier alpha value is -3.02. The van der Waals surface area contributed by atoms with E-state index in [4.69, 9.17) is 9.47 Å². The number of phenols is 2. The minimum Gasteiger partial charge on any atom is -0.508 e. The van der Waals surface area contributed by atoms with Crippen LogP contribution in [0.4, 0.5) is 0 Å². The summed E-state index contributed by atoms with van der Waals surface area (Å²) in [5, 5.41) is 19.6. The second kappa shape index (κ2) is 4.77. The van der Waals surface area contributed by atoms with Gasteiger partial charge in [-0.2, -0.15) is 0 Å². The summed E-state index contributed by atoms with van der Waals surface area (Å²) in [6, 6.07) is 5.23. The Bertz CT molecular complexity index is 822. The Kier molecular flexibility index (Phi) is 3.02. The molecule has 0 saturated carbocycles. The van der Waals surface area contributed by atoms with Crippen LogP contribution in [0.5, 0.6) is 23.0 Å². The number of fused-ring (bicyclic) bond motifs is 2. The number of carbonyl (C=O) groups is 2. The first-order valence-corrected chi connectivity index (χ1v) is 6.40. The van der Waals surface area contributed by atoms with Crippen LogP contribution in [0.25, 0.3) is 0 Å². The Morgan fingerprint density at radius 3 is 2.23 bits per heavy atom. The van der Waals surface area contributed by atoms with Crippen molar-refractivity contribution in [3.8, 4) is 23.0 Å². The van der Waals surface area contributed by atoms with E-state index in [1.54, 1.807) is 0 Å². The van der Waals surface area contributed by atoms with Crippen molar-refractivity contribution in [3.63, 3.8) is 0 Å². The highest BCUT2D eigenvalue weighted by Crippen LogP contribution is 2.44. The van der Waals surface area contributed by atoms with Crippen molar-refractivity contribution in [3.05, 3.63) is 46.5 Å². The molecule has 0 saturated heterocycles. The Morgan fingerprint density at radius 2 is 1.59 bits per heavy atom. The molecule has 22 heavy (non-hydrogen) atoms. The van der Waals surface area contributed by atoms with Crippen LogP contribution in [-0.2, 0) is 0 Å². The fourth-order valence-electron chi connectivity index (χ4n) is 2.58. The lowest BCUT2D eigenvalue weighted by molar-refractivity contribution is 0.0975. The third-order valence-electron chi connectivity index (χ3n) is 3.61. The standard InChI is InChI=1S/C16H12O6/c1-21-11-6-10-12(16(22-2)15(11)20)14(19)8-4-3-7(17)5-9(8)13(10)18/h3-6,17,20H,1-2H3. The molecule has 0 unspecified atom stereocenters. The van der Waals surface area contributed by atoms with Gasteiger partial charge < -0.3 is 19.7 Å². The predicted octanol–water partition coefficient (Wildman–Crippen LogP) is 1.89. The van der Waals surface area contributed by atoms with Crippen LogP contribution in [0.1, 0.15) is 31.8 Å². The first-order chi connectivity index (χ1) is 10.5. The zero-order valence-corrected chi connectivity index (χ0v) is 11.8. The number of ether oxygens (including phenoxy) is 2. The van der Waals surface area contributed by atoms with Crippen LogP contribution in [0, 0.1) is 0 Å². The van der Waals surface area contributed by atoms with Gasteiger partial charge in [-0.25, -0.2) is 0 Å². The molecule has 2 aromatic carbocycles. The molecule has 1 aliphatic carbocycles. The molecule has 6 nitrogen and oxygen atoms in total. The molecule has 1 aliphatic rings. The minimum atomic E-state index is -0.459. The van der Waals surface area contributed by atoms with E-state index in [-0.39, 0.29) is 45.3 Å². The molecule has 0 aliphatic heterocycles. The zero-order valence-electron chi connectivity index (χ0n) is 11.8. The van der Waals surface area contributed by atoms with Gasteiger partial charge in [0.1, 0.15) is 5.75 Å². The summed E-state index contributed by atoms with van der Waals surface area (Å²) in [7, 11) is 2.62. The molecular weight excluding hydrogens is 288 g/mol. The topological polar surface area (TPSA) is 93.1 Å². The predicted molar refractivity (Wildman–Crippen MR) is 76.2 cm³/mol. The molecule has 2 N–H and O–H groups in total. The summed E-state index contributed by atoms with van der Waals surface area (Å²) in [6.07, 6.45) is 0. The van der Waals surface area contributed by atoms with Gasteiger partial charge in [-0.3, -0.25) is 9.59 Å². The van der Waals surface area contributed by atoms with Crippen molar-refractivity contribution in [2.45, 2.75) is 0 Å². The summed E-state index contributed by atoms with van der Waals surface area (Å²) < 4.78 is 10.1. The summed E-state index contributed by atoms with van der Waals surface area (Å²) in [5.74, 6) is -1.43. The maximum absolute atomic E-state index is 12.6. The van der Waals surface area contributed by atoms with Gasteiger partial charge in [-0.15, -0.1) is 0 Å². The third kappa shape index (κ3) is 1.74. The summed E-state index contributed by atoms with van der Waals surface area (Å²) in [4.78, 5) is 25.2.